The highest BCUT2D eigenvalue weighted by Gasteiger charge is 2.28. The third-order valence-corrected chi connectivity index (χ3v) is 3.98. The van der Waals surface area contributed by atoms with Gasteiger partial charge in [0.1, 0.15) is 19.5 Å². The van der Waals surface area contributed by atoms with Crippen LogP contribution in [-0.2, 0) is 23.8 Å². The molecule has 0 spiro atoms. The maximum atomic E-state index is 12.8. The third kappa shape index (κ3) is 5.15. The maximum Gasteiger partial charge on any atom is 0.378 e. The van der Waals surface area contributed by atoms with Crippen LogP contribution < -0.4 is 5.32 Å². The largest absolute Gasteiger partial charge is 0.493 e. The number of nitrogens with one attached hydrogen (secondary N) is 1. The molecule has 8 heteroatoms. The standard InChI is InChI=1S/C19H15Cl2NO5/c20-13-8-14(21)10-15(9-13)22-18(23)17(12-4-2-1-3-5-12)27-19(24)16-11-25-6-7-26-16/h1-5,8-11,17H,6-7H2,(H,22,23)/t17-/m0/s1. The molecule has 0 bridgehead atoms. The van der Waals surface area contributed by atoms with E-state index in [-0.39, 0.29) is 12.4 Å². The fourth-order valence-corrected chi connectivity index (χ4v) is 2.90. The zero-order valence-corrected chi connectivity index (χ0v) is 15.5. The second kappa shape index (κ2) is 8.79. The van der Waals surface area contributed by atoms with Gasteiger partial charge >= 0.3 is 5.97 Å². The van der Waals surface area contributed by atoms with Gasteiger partial charge in [0, 0.05) is 21.3 Å². The first-order valence-corrected chi connectivity index (χ1v) is 8.76. The first-order chi connectivity index (χ1) is 13.0. The second-order valence-electron chi connectivity index (χ2n) is 5.54. The Balaban J connectivity index is 1.82. The molecule has 0 saturated carbocycles. The summed E-state index contributed by atoms with van der Waals surface area (Å²) in [4.78, 5) is 25.1. The lowest BCUT2D eigenvalue weighted by Crippen LogP contribution is -2.27. The number of benzene rings is 2. The quantitative estimate of drug-likeness (QED) is 0.754. The molecule has 1 aliphatic rings. The van der Waals surface area contributed by atoms with E-state index >= 15 is 0 Å². The fraction of sp³-hybridized carbons (Fsp3) is 0.158. The maximum absolute atomic E-state index is 12.8. The second-order valence-corrected chi connectivity index (χ2v) is 6.42. The van der Waals surface area contributed by atoms with E-state index in [1.807, 2.05) is 0 Å². The minimum absolute atomic E-state index is 0.0965. The summed E-state index contributed by atoms with van der Waals surface area (Å²) in [6.45, 7) is 0.569. The van der Waals surface area contributed by atoms with Crippen molar-refractivity contribution in [3.05, 3.63) is 76.2 Å². The van der Waals surface area contributed by atoms with Crippen LogP contribution in [0, 0.1) is 0 Å². The predicted octanol–water partition coefficient (Wildman–Crippen LogP) is 4.10. The van der Waals surface area contributed by atoms with Crippen molar-refractivity contribution in [2.75, 3.05) is 18.5 Å². The summed E-state index contributed by atoms with van der Waals surface area (Å²) in [6, 6.07) is 13.2. The smallest absolute Gasteiger partial charge is 0.378 e. The highest BCUT2D eigenvalue weighted by atomic mass is 35.5. The molecule has 6 nitrogen and oxygen atoms in total. The van der Waals surface area contributed by atoms with Crippen molar-refractivity contribution in [2.45, 2.75) is 6.10 Å². The molecule has 1 heterocycles. The van der Waals surface area contributed by atoms with Gasteiger partial charge in [0.25, 0.3) is 5.91 Å². The van der Waals surface area contributed by atoms with Crippen molar-refractivity contribution in [2.24, 2.45) is 0 Å². The molecule has 2 aromatic carbocycles. The molecule has 1 atom stereocenters. The number of ether oxygens (including phenoxy) is 3. The van der Waals surface area contributed by atoms with E-state index in [9.17, 15) is 9.59 Å². The Morgan fingerprint density at radius 1 is 1.04 bits per heavy atom. The summed E-state index contributed by atoms with van der Waals surface area (Å²) in [7, 11) is 0. The van der Waals surface area contributed by atoms with Crippen molar-refractivity contribution in [1.29, 1.82) is 0 Å². The Hall–Kier alpha value is -2.70. The van der Waals surface area contributed by atoms with Crippen LogP contribution in [-0.4, -0.2) is 25.1 Å². The lowest BCUT2D eigenvalue weighted by atomic mass is 10.1. The van der Waals surface area contributed by atoms with Crippen molar-refractivity contribution < 1.29 is 23.8 Å². The molecule has 0 saturated heterocycles. The van der Waals surface area contributed by atoms with Crippen molar-refractivity contribution in [3.8, 4) is 0 Å². The van der Waals surface area contributed by atoms with Gasteiger partial charge in [0.2, 0.25) is 11.9 Å². The molecule has 1 amide bonds. The minimum Gasteiger partial charge on any atom is -0.493 e. The zero-order chi connectivity index (χ0) is 19.2. The molecule has 140 valence electrons. The van der Waals surface area contributed by atoms with Crippen LogP contribution in [0.2, 0.25) is 10.0 Å². The van der Waals surface area contributed by atoms with Crippen molar-refractivity contribution in [1.82, 2.24) is 0 Å². The van der Waals surface area contributed by atoms with Crippen LogP contribution in [0.4, 0.5) is 5.69 Å². The monoisotopic (exact) mass is 407 g/mol. The van der Waals surface area contributed by atoms with E-state index in [1.54, 1.807) is 36.4 Å². The number of amides is 1. The molecule has 1 N–H and O–H groups in total. The van der Waals surface area contributed by atoms with E-state index in [2.05, 4.69) is 5.32 Å². The number of carbonyl (C=O) groups is 2. The summed E-state index contributed by atoms with van der Waals surface area (Å²) in [5.41, 5.74) is 0.875. The number of carbonyl (C=O) groups excluding carboxylic acids is 2. The zero-order valence-electron chi connectivity index (χ0n) is 14.0. The Morgan fingerprint density at radius 3 is 2.37 bits per heavy atom. The average Bonchev–Trinajstić information content (AvgIpc) is 2.66. The van der Waals surface area contributed by atoms with Crippen LogP contribution in [0.15, 0.2) is 60.6 Å². The van der Waals surface area contributed by atoms with Gasteiger partial charge in [-0.15, -0.1) is 0 Å². The van der Waals surface area contributed by atoms with Gasteiger partial charge in [-0.3, -0.25) is 4.79 Å². The Bertz CT molecular complexity index is 849. The molecular weight excluding hydrogens is 393 g/mol. The highest BCUT2D eigenvalue weighted by molar-refractivity contribution is 6.35. The summed E-state index contributed by atoms with van der Waals surface area (Å²) >= 11 is 11.9. The molecule has 0 radical (unpaired) electrons. The van der Waals surface area contributed by atoms with Gasteiger partial charge in [-0.25, -0.2) is 4.79 Å². The lowest BCUT2D eigenvalue weighted by molar-refractivity contribution is -0.155. The molecule has 3 rings (SSSR count). The number of hydrogen-bond donors (Lipinski definition) is 1. The number of rotatable bonds is 5. The van der Waals surface area contributed by atoms with Crippen molar-refractivity contribution in [3.63, 3.8) is 0 Å². The molecule has 0 unspecified atom stereocenters. The van der Waals surface area contributed by atoms with Gasteiger partial charge in [0.15, 0.2) is 0 Å². The molecule has 0 aromatic heterocycles. The van der Waals surface area contributed by atoms with E-state index in [0.29, 0.717) is 27.9 Å². The van der Waals surface area contributed by atoms with E-state index in [0.717, 1.165) is 0 Å². The summed E-state index contributed by atoms with van der Waals surface area (Å²) < 4.78 is 15.6. The SMILES string of the molecule is O=C(O[C@H](C(=O)Nc1cc(Cl)cc(Cl)c1)c1ccccc1)C1=COCCO1. The highest BCUT2D eigenvalue weighted by Crippen LogP contribution is 2.26. The Labute approximate surface area is 165 Å². The summed E-state index contributed by atoms with van der Waals surface area (Å²) in [6.07, 6.45) is -0.0365. The lowest BCUT2D eigenvalue weighted by Gasteiger charge is -2.20. The van der Waals surface area contributed by atoms with Gasteiger partial charge in [-0.2, -0.15) is 0 Å². The van der Waals surface area contributed by atoms with E-state index in [1.165, 1.54) is 18.4 Å². The molecule has 27 heavy (non-hydrogen) atoms. The fourth-order valence-electron chi connectivity index (χ4n) is 2.38. The minimum atomic E-state index is -1.21. The van der Waals surface area contributed by atoms with Gasteiger partial charge in [-0.05, 0) is 18.2 Å². The number of hydrogen-bond acceptors (Lipinski definition) is 5. The molecule has 1 aliphatic heterocycles. The van der Waals surface area contributed by atoms with Crippen LogP contribution in [0.1, 0.15) is 11.7 Å². The van der Waals surface area contributed by atoms with Gasteiger partial charge < -0.3 is 19.5 Å². The van der Waals surface area contributed by atoms with Gasteiger partial charge in [-0.1, -0.05) is 53.5 Å². The summed E-state index contributed by atoms with van der Waals surface area (Å²) in [5, 5.41) is 3.38. The van der Waals surface area contributed by atoms with Crippen LogP contribution >= 0.6 is 23.2 Å². The summed E-state index contributed by atoms with van der Waals surface area (Å²) in [5.74, 6) is -1.46. The van der Waals surface area contributed by atoms with Crippen LogP contribution in [0.3, 0.4) is 0 Å². The molecule has 0 aliphatic carbocycles. The average molecular weight is 408 g/mol. The predicted molar refractivity (Wildman–Crippen MR) is 100 cm³/mol. The number of anilines is 1. The van der Waals surface area contributed by atoms with E-state index < -0.39 is 18.0 Å². The third-order valence-electron chi connectivity index (χ3n) is 3.55. The first-order valence-electron chi connectivity index (χ1n) is 8.00. The normalized spacial score (nSPS) is 14.2. The molecule has 2 aromatic rings. The molecular formula is C19H15Cl2NO5. The van der Waals surface area contributed by atoms with Crippen LogP contribution in [0.5, 0.6) is 0 Å². The van der Waals surface area contributed by atoms with Gasteiger partial charge in [0.05, 0.1) is 0 Å². The topological polar surface area (TPSA) is 73.9 Å². The Morgan fingerprint density at radius 2 is 1.74 bits per heavy atom. The van der Waals surface area contributed by atoms with Crippen LogP contribution in [0.25, 0.3) is 0 Å². The Kier molecular flexibility index (Phi) is 6.21. The number of esters is 1. The van der Waals surface area contributed by atoms with Crippen molar-refractivity contribution >= 4 is 40.8 Å². The first kappa shape index (κ1) is 19.1. The van der Waals surface area contributed by atoms with E-state index in [4.69, 9.17) is 37.4 Å². The molecule has 0 fully saturated rings. The number of halogens is 2.